The van der Waals surface area contributed by atoms with E-state index >= 15 is 0 Å². The number of nitrogens with zero attached hydrogens (tertiary/aromatic N) is 2. The summed E-state index contributed by atoms with van der Waals surface area (Å²) in [7, 11) is -3.03. The van der Waals surface area contributed by atoms with Gasteiger partial charge < -0.3 is 14.4 Å². The van der Waals surface area contributed by atoms with Gasteiger partial charge in [0.2, 0.25) is 0 Å². The van der Waals surface area contributed by atoms with E-state index in [1.165, 1.54) is 32.4 Å². The number of ether oxygens (including phenoxy) is 2. The highest BCUT2D eigenvalue weighted by Crippen LogP contribution is 2.62. The Morgan fingerprint density at radius 3 is 2.66 bits per heavy atom. The summed E-state index contributed by atoms with van der Waals surface area (Å²) in [5, 5.41) is -0.237. The van der Waals surface area contributed by atoms with E-state index in [1.54, 1.807) is 25.3 Å². The first-order valence-corrected chi connectivity index (χ1v) is 12.0. The summed E-state index contributed by atoms with van der Waals surface area (Å²) >= 11 is 0. The fraction of sp³-hybridized carbons (Fsp3) is 0.500. The van der Waals surface area contributed by atoms with Crippen molar-refractivity contribution >= 4 is 10.6 Å². The van der Waals surface area contributed by atoms with Crippen LogP contribution in [0, 0.1) is 0 Å². The number of piperidine rings is 1. The van der Waals surface area contributed by atoms with Gasteiger partial charge in [-0.1, -0.05) is 18.6 Å². The van der Waals surface area contributed by atoms with Crippen molar-refractivity contribution in [2.75, 3.05) is 26.2 Å². The van der Waals surface area contributed by atoms with E-state index in [-0.39, 0.29) is 5.03 Å². The van der Waals surface area contributed by atoms with Crippen LogP contribution in [0.25, 0.3) is 0 Å². The van der Waals surface area contributed by atoms with Crippen molar-refractivity contribution in [3.8, 4) is 11.5 Å². The summed E-state index contributed by atoms with van der Waals surface area (Å²) in [6, 6.07) is 11.2. The Balaban J connectivity index is 1.35. The predicted octanol–water partition coefficient (Wildman–Crippen LogP) is 4.97. The molecule has 0 amide bonds. The number of hydrogen-bond donors (Lipinski definition) is 2. The molecular weight excluding hydrogens is 388 g/mol. The summed E-state index contributed by atoms with van der Waals surface area (Å²) < 4.78 is 33.4. The second-order valence-electron chi connectivity index (χ2n) is 7.82. The summed E-state index contributed by atoms with van der Waals surface area (Å²) in [6.45, 7) is 6.02. The zero-order valence-electron chi connectivity index (χ0n) is 16.9. The Kier molecular flexibility index (Phi) is 6.29. The molecular formula is C22H30N2O4S. The molecule has 0 saturated carbocycles. The normalized spacial score (nSPS) is 24.9. The van der Waals surface area contributed by atoms with E-state index in [4.69, 9.17) is 9.47 Å². The lowest BCUT2D eigenvalue weighted by Crippen LogP contribution is -2.32. The fourth-order valence-corrected chi connectivity index (χ4v) is 5.56. The van der Waals surface area contributed by atoms with Crippen LogP contribution in [-0.2, 0) is 0 Å². The van der Waals surface area contributed by atoms with Crippen molar-refractivity contribution < 1.29 is 18.6 Å². The second-order valence-corrected chi connectivity index (χ2v) is 10.1. The Morgan fingerprint density at radius 1 is 1.14 bits per heavy atom. The van der Waals surface area contributed by atoms with Crippen molar-refractivity contribution in [2.24, 2.45) is 0 Å². The summed E-state index contributed by atoms with van der Waals surface area (Å²) in [5.74, 6) is 1.26. The summed E-state index contributed by atoms with van der Waals surface area (Å²) in [5.41, 5.74) is 0.896. The largest absolute Gasteiger partial charge is 0.494 e. The van der Waals surface area contributed by atoms with Crippen molar-refractivity contribution in [2.45, 2.75) is 49.0 Å². The number of hydrogen-bond acceptors (Lipinski definition) is 6. The SMILES string of the molecule is C[C@@H]1[C@@H](c2ccc(OCCCN3CCCCC3)cc2)Oc2cccnc2S1(O)O. The molecule has 7 heteroatoms. The molecule has 2 N–H and O–H groups in total. The molecule has 1 fully saturated rings. The van der Waals surface area contributed by atoms with Gasteiger partial charge in [0.1, 0.15) is 11.9 Å². The number of fused-ring (bicyclic) bond motifs is 1. The van der Waals surface area contributed by atoms with Gasteiger partial charge in [0.05, 0.1) is 11.9 Å². The van der Waals surface area contributed by atoms with Gasteiger partial charge in [-0.25, -0.2) is 4.98 Å². The number of aromatic nitrogens is 1. The molecule has 0 aliphatic carbocycles. The van der Waals surface area contributed by atoms with Gasteiger partial charge in [-0.2, -0.15) is 0 Å². The van der Waals surface area contributed by atoms with E-state index in [1.807, 2.05) is 24.3 Å². The molecule has 1 aromatic carbocycles. The predicted molar refractivity (Wildman–Crippen MR) is 115 cm³/mol. The maximum absolute atomic E-state index is 10.7. The van der Waals surface area contributed by atoms with Crippen LogP contribution in [0.5, 0.6) is 11.5 Å². The molecule has 2 aromatic rings. The van der Waals surface area contributed by atoms with Gasteiger partial charge in [0.25, 0.3) is 0 Å². The third-order valence-corrected chi connectivity index (χ3v) is 7.92. The Hall–Kier alpha value is -1.80. The van der Waals surface area contributed by atoms with Crippen LogP contribution in [0.15, 0.2) is 47.6 Å². The number of rotatable bonds is 6. The standard InChI is InChI=1S/C22H30N2O4S/c1-17-21(28-20-7-5-12-23-22(20)29(17,25)26)18-8-10-19(11-9-18)27-16-6-15-24-13-3-2-4-14-24/h5,7-12,17,21,25-26H,2-4,6,13-16H2,1H3/t17-,21+/m1/s1. The van der Waals surface area contributed by atoms with E-state index in [2.05, 4.69) is 9.88 Å². The number of pyridine rings is 1. The lowest BCUT2D eigenvalue weighted by molar-refractivity contribution is 0.178. The topological polar surface area (TPSA) is 75.1 Å². The minimum atomic E-state index is -3.03. The lowest BCUT2D eigenvalue weighted by Gasteiger charge is -2.45. The molecule has 0 unspecified atom stereocenters. The summed E-state index contributed by atoms with van der Waals surface area (Å²) in [4.78, 5) is 6.65. The van der Waals surface area contributed by atoms with E-state index in [9.17, 15) is 9.11 Å². The van der Waals surface area contributed by atoms with Gasteiger partial charge in [-0.05, 0) is 69.1 Å². The van der Waals surface area contributed by atoms with Gasteiger partial charge in [0, 0.05) is 12.7 Å². The Morgan fingerprint density at radius 2 is 1.90 bits per heavy atom. The van der Waals surface area contributed by atoms with Crippen LogP contribution in [0.4, 0.5) is 0 Å². The van der Waals surface area contributed by atoms with Gasteiger partial charge in [0.15, 0.2) is 10.8 Å². The average Bonchev–Trinajstić information content (AvgIpc) is 2.75. The van der Waals surface area contributed by atoms with Gasteiger partial charge in [-0.15, -0.1) is 10.6 Å². The second kappa shape index (κ2) is 8.92. The minimum absolute atomic E-state index is 0.248. The molecule has 6 nitrogen and oxygen atoms in total. The molecule has 3 heterocycles. The lowest BCUT2D eigenvalue weighted by atomic mass is 10.1. The molecule has 0 radical (unpaired) electrons. The maximum Gasteiger partial charge on any atom is 0.189 e. The van der Waals surface area contributed by atoms with Crippen LogP contribution in [-0.4, -0.2) is 50.5 Å². The van der Waals surface area contributed by atoms with Crippen molar-refractivity contribution in [1.29, 1.82) is 0 Å². The smallest absolute Gasteiger partial charge is 0.189 e. The molecule has 0 bridgehead atoms. The van der Waals surface area contributed by atoms with E-state index in [0.717, 1.165) is 24.3 Å². The molecule has 2 aliphatic rings. The van der Waals surface area contributed by atoms with Crippen LogP contribution in [0.2, 0.25) is 0 Å². The highest BCUT2D eigenvalue weighted by atomic mass is 32.3. The molecule has 0 spiro atoms. The van der Waals surface area contributed by atoms with E-state index < -0.39 is 21.9 Å². The quantitative estimate of drug-likeness (QED) is 0.645. The van der Waals surface area contributed by atoms with Gasteiger partial charge >= 0.3 is 0 Å². The molecule has 1 aromatic heterocycles. The maximum atomic E-state index is 10.7. The minimum Gasteiger partial charge on any atom is -0.494 e. The highest BCUT2D eigenvalue weighted by molar-refractivity contribution is 8.24. The van der Waals surface area contributed by atoms with Crippen LogP contribution in [0.3, 0.4) is 0 Å². The molecule has 4 rings (SSSR count). The molecule has 2 aliphatic heterocycles. The van der Waals surface area contributed by atoms with Crippen molar-refractivity contribution in [3.05, 3.63) is 48.2 Å². The molecule has 2 atom stereocenters. The first-order chi connectivity index (χ1) is 14.1. The van der Waals surface area contributed by atoms with Crippen LogP contribution >= 0.6 is 10.6 Å². The number of benzene rings is 1. The zero-order chi connectivity index (χ0) is 20.3. The van der Waals surface area contributed by atoms with Crippen LogP contribution in [0.1, 0.15) is 44.3 Å². The first-order valence-electron chi connectivity index (χ1n) is 10.4. The molecule has 29 heavy (non-hydrogen) atoms. The monoisotopic (exact) mass is 418 g/mol. The van der Waals surface area contributed by atoms with Gasteiger partial charge in [-0.3, -0.25) is 9.11 Å². The molecule has 158 valence electrons. The Bertz CT molecular complexity index is 809. The summed E-state index contributed by atoms with van der Waals surface area (Å²) in [6.07, 6.45) is 6.13. The van der Waals surface area contributed by atoms with Crippen LogP contribution < -0.4 is 9.47 Å². The average molecular weight is 419 g/mol. The Labute approximate surface area is 174 Å². The molecule has 1 saturated heterocycles. The van der Waals surface area contributed by atoms with E-state index in [0.29, 0.717) is 12.4 Å². The van der Waals surface area contributed by atoms with Crippen molar-refractivity contribution in [3.63, 3.8) is 0 Å². The highest BCUT2D eigenvalue weighted by Gasteiger charge is 2.41. The third kappa shape index (κ3) is 4.53. The first kappa shape index (κ1) is 20.5. The fourth-order valence-electron chi connectivity index (χ4n) is 4.03. The number of likely N-dealkylation sites (tertiary alicyclic amines) is 1. The zero-order valence-corrected chi connectivity index (χ0v) is 17.7. The third-order valence-electron chi connectivity index (χ3n) is 5.76. The van der Waals surface area contributed by atoms with Crippen molar-refractivity contribution in [1.82, 2.24) is 9.88 Å².